The van der Waals surface area contributed by atoms with E-state index in [0.717, 1.165) is 35.4 Å². The van der Waals surface area contributed by atoms with E-state index in [0.29, 0.717) is 28.6 Å². The summed E-state index contributed by atoms with van der Waals surface area (Å²) < 4.78 is 34.4. The van der Waals surface area contributed by atoms with Crippen molar-refractivity contribution in [1.29, 1.82) is 0 Å². The fourth-order valence-corrected chi connectivity index (χ4v) is 8.37. The molecule has 1 amide bonds. The molecule has 10 heteroatoms. The first kappa shape index (κ1) is 27.7. The van der Waals surface area contributed by atoms with Crippen LogP contribution in [0.2, 0.25) is 0 Å². The number of rotatable bonds is 7. The van der Waals surface area contributed by atoms with E-state index in [9.17, 15) is 13.2 Å². The summed E-state index contributed by atoms with van der Waals surface area (Å²) in [7, 11) is -3.69. The minimum absolute atomic E-state index is 0.106. The van der Waals surface area contributed by atoms with Crippen molar-refractivity contribution in [2.45, 2.75) is 88.6 Å². The number of halogens is 1. The number of hydrogen-bond acceptors (Lipinski definition) is 6. The molecule has 36 heavy (non-hydrogen) atoms. The van der Waals surface area contributed by atoms with Crippen molar-refractivity contribution >= 4 is 43.2 Å². The van der Waals surface area contributed by atoms with Crippen LogP contribution in [0.4, 0.5) is 0 Å². The largest absolute Gasteiger partial charge is 0.381 e. The van der Waals surface area contributed by atoms with Crippen molar-refractivity contribution in [2.24, 2.45) is 5.92 Å². The zero-order chi connectivity index (χ0) is 25.9. The molecule has 7 nitrogen and oxygen atoms in total. The Morgan fingerprint density at radius 3 is 2.47 bits per heavy atom. The first-order valence-corrected chi connectivity index (χ1v) is 15.8. The first-order chi connectivity index (χ1) is 17.0. The van der Waals surface area contributed by atoms with Gasteiger partial charge in [0, 0.05) is 29.3 Å². The Labute approximate surface area is 227 Å². The number of ether oxygens (including phenoxy) is 1. The monoisotopic (exact) mass is 597 g/mol. The number of carbonyl (C=O) groups is 1. The van der Waals surface area contributed by atoms with Gasteiger partial charge >= 0.3 is 0 Å². The molecule has 0 atom stereocenters. The van der Waals surface area contributed by atoms with E-state index in [-0.39, 0.29) is 16.8 Å². The number of carbonyl (C=O) groups excluding carboxylic acids is 1. The third-order valence-corrected chi connectivity index (χ3v) is 10.5. The fourth-order valence-electron chi connectivity index (χ4n) is 4.88. The zero-order valence-electron chi connectivity index (χ0n) is 21.2. The summed E-state index contributed by atoms with van der Waals surface area (Å²) in [6.07, 6.45) is 8.57. The number of benzene rings is 1. The van der Waals surface area contributed by atoms with Crippen molar-refractivity contribution in [3.05, 3.63) is 33.4 Å². The van der Waals surface area contributed by atoms with Gasteiger partial charge in [0.05, 0.1) is 15.5 Å². The maximum Gasteiger partial charge on any atom is 0.280 e. The van der Waals surface area contributed by atoms with Gasteiger partial charge in [-0.3, -0.25) is 4.79 Å². The maximum atomic E-state index is 13.1. The van der Waals surface area contributed by atoms with Crippen molar-refractivity contribution in [3.8, 4) is 10.4 Å². The number of sulfonamides is 1. The summed E-state index contributed by atoms with van der Waals surface area (Å²) in [5.74, 6) is 0.417. The number of hydrogen-bond donors (Lipinski definition) is 2. The van der Waals surface area contributed by atoms with Crippen LogP contribution < -0.4 is 10.0 Å². The van der Waals surface area contributed by atoms with Crippen LogP contribution in [0.3, 0.4) is 0 Å². The quantitative estimate of drug-likeness (QED) is 0.428. The Hall–Kier alpha value is -1.33. The smallest absolute Gasteiger partial charge is 0.280 e. The molecule has 2 N–H and O–H groups in total. The van der Waals surface area contributed by atoms with Crippen molar-refractivity contribution in [1.82, 2.24) is 15.0 Å². The van der Waals surface area contributed by atoms with Crippen molar-refractivity contribution in [2.75, 3.05) is 13.2 Å². The highest BCUT2D eigenvalue weighted by Gasteiger charge is 2.27. The molecule has 4 rings (SSSR count). The minimum atomic E-state index is -3.69. The summed E-state index contributed by atoms with van der Waals surface area (Å²) in [5.41, 5.74) is 1.21. The number of nitrogens with one attached hydrogen (secondary N) is 2. The zero-order valence-corrected chi connectivity index (χ0v) is 24.5. The topological polar surface area (TPSA) is 97.4 Å². The van der Waals surface area contributed by atoms with Gasteiger partial charge in [-0.2, -0.15) is 0 Å². The summed E-state index contributed by atoms with van der Waals surface area (Å²) in [4.78, 5) is 19.0. The fraction of sp³-hybridized carbons (Fsp3) is 0.615. The van der Waals surface area contributed by atoms with Crippen LogP contribution in [0, 0.1) is 5.92 Å². The van der Waals surface area contributed by atoms with Crippen LogP contribution in [0.25, 0.3) is 10.4 Å². The average Bonchev–Trinajstić information content (AvgIpc) is 3.22. The van der Waals surface area contributed by atoms with Gasteiger partial charge in [-0.05, 0) is 79.6 Å². The number of aromatic nitrogens is 1. The second-order valence-electron chi connectivity index (χ2n) is 10.9. The predicted molar refractivity (Wildman–Crippen MR) is 147 cm³/mol. The Balaban J connectivity index is 1.64. The van der Waals surface area contributed by atoms with E-state index in [2.05, 4.69) is 26.0 Å². The van der Waals surface area contributed by atoms with Crippen LogP contribution in [0.15, 0.2) is 27.6 Å². The van der Waals surface area contributed by atoms with Gasteiger partial charge in [0.15, 0.2) is 5.01 Å². The second-order valence-corrected chi connectivity index (χ2v) is 14.4. The third kappa shape index (κ3) is 7.16. The Morgan fingerprint density at radius 1 is 1.14 bits per heavy atom. The van der Waals surface area contributed by atoms with E-state index in [1.54, 1.807) is 6.07 Å². The molecule has 1 aromatic carbocycles. The van der Waals surface area contributed by atoms with E-state index in [4.69, 9.17) is 9.72 Å². The second kappa shape index (κ2) is 11.6. The lowest BCUT2D eigenvalue weighted by Crippen LogP contribution is -2.40. The molecule has 0 spiro atoms. The summed E-state index contributed by atoms with van der Waals surface area (Å²) in [5, 5.41) is 3.59. The molecule has 0 unspecified atom stereocenters. The van der Waals surface area contributed by atoms with Crippen LogP contribution in [0.5, 0.6) is 0 Å². The summed E-state index contributed by atoms with van der Waals surface area (Å²) >= 11 is 4.88. The summed E-state index contributed by atoms with van der Waals surface area (Å²) in [6.45, 7) is 6.76. The molecule has 0 radical (unpaired) electrons. The molecule has 2 heterocycles. The molecular weight excluding hydrogens is 562 g/mol. The van der Waals surface area contributed by atoms with Gasteiger partial charge in [0.25, 0.3) is 5.91 Å². The average molecular weight is 599 g/mol. The van der Waals surface area contributed by atoms with Gasteiger partial charge in [-0.1, -0.05) is 38.2 Å². The molecule has 1 aliphatic carbocycles. The lowest BCUT2D eigenvalue weighted by molar-refractivity contribution is 0.0696. The molecule has 1 saturated heterocycles. The number of nitrogens with zero attached hydrogens (tertiary/aromatic N) is 1. The molecule has 1 aromatic heterocycles. The minimum Gasteiger partial charge on any atom is -0.381 e. The van der Waals surface area contributed by atoms with Gasteiger partial charge in [0.2, 0.25) is 10.0 Å². The van der Waals surface area contributed by atoms with Gasteiger partial charge in [0.1, 0.15) is 0 Å². The SMILES string of the molecule is CC(C)(C)NS(=O)(=O)c1ccc(-c2sc(C(=O)NC3CCOCC3)nc2CC2CCCCC2)cc1Br. The number of thiazole rings is 1. The number of amides is 1. The molecule has 198 valence electrons. The van der Waals surface area contributed by atoms with Crippen LogP contribution in [0.1, 0.15) is 81.2 Å². The summed E-state index contributed by atoms with van der Waals surface area (Å²) in [6, 6.07) is 5.38. The van der Waals surface area contributed by atoms with E-state index in [1.165, 1.54) is 43.4 Å². The molecule has 1 saturated carbocycles. The lowest BCUT2D eigenvalue weighted by Gasteiger charge is -2.22. The molecule has 2 aromatic rings. The highest BCUT2D eigenvalue weighted by atomic mass is 79.9. The molecule has 0 bridgehead atoms. The van der Waals surface area contributed by atoms with Gasteiger partial charge in [-0.25, -0.2) is 18.1 Å². The molecule has 2 fully saturated rings. The molecular formula is C26H36BrN3O4S2. The van der Waals surface area contributed by atoms with Crippen molar-refractivity contribution < 1.29 is 17.9 Å². The van der Waals surface area contributed by atoms with E-state index >= 15 is 0 Å². The molecule has 1 aliphatic heterocycles. The standard InChI is InChI=1S/C26H36BrN3O4S2/c1-26(2,3)30-36(32,33)22-10-9-18(16-20(22)27)23-21(15-17-7-5-4-6-8-17)29-25(35-23)24(31)28-19-11-13-34-14-12-19/h9-10,16-17,19,30H,4-8,11-15H2,1-3H3,(H,28,31). The highest BCUT2D eigenvalue weighted by Crippen LogP contribution is 2.37. The normalized spacial score (nSPS) is 18.3. The van der Waals surface area contributed by atoms with E-state index < -0.39 is 15.6 Å². The van der Waals surface area contributed by atoms with Gasteiger partial charge < -0.3 is 10.1 Å². The van der Waals surface area contributed by atoms with E-state index in [1.807, 2.05) is 32.9 Å². The lowest BCUT2D eigenvalue weighted by atomic mass is 9.85. The molecule has 2 aliphatic rings. The highest BCUT2D eigenvalue weighted by molar-refractivity contribution is 9.10. The van der Waals surface area contributed by atoms with Crippen molar-refractivity contribution in [3.63, 3.8) is 0 Å². The maximum absolute atomic E-state index is 13.1. The first-order valence-electron chi connectivity index (χ1n) is 12.7. The predicted octanol–water partition coefficient (Wildman–Crippen LogP) is 5.68. The van der Waals surface area contributed by atoms with Gasteiger partial charge in [-0.15, -0.1) is 11.3 Å². The Morgan fingerprint density at radius 2 is 1.83 bits per heavy atom. The third-order valence-electron chi connectivity index (χ3n) is 6.58. The van der Waals surface area contributed by atoms with Crippen LogP contribution in [-0.4, -0.2) is 44.1 Å². The van der Waals surface area contributed by atoms with Crippen LogP contribution >= 0.6 is 27.3 Å². The Kier molecular flexibility index (Phi) is 8.92. The Bertz CT molecular complexity index is 1180. The van der Waals surface area contributed by atoms with Crippen LogP contribution in [-0.2, 0) is 21.2 Å².